The largest absolute Gasteiger partial charge is 0.481 e. The van der Waals surface area contributed by atoms with E-state index in [-0.39, 0.29) is 18.5 Å². The molecule has 18 heavy (non-hydrogen) atoms. The number of carboxylic acid groups (broad SMARTS) is 1. The van der Waals surface area contributed by atoms with Gasteiger partial charge in [0, 0.05) is 6.54 Å². The van der Waals surface area contributed by atoms with E-state index < -0.39 is 17.9 Å². The topological polar surface area (TPSA) is 108 Å². The second-order valence-corrected chi connectivity index (χ2v) is 3.95. The maximum absolute atomic E-state index is 11.4. The van der Waals surface area contributed by atoms with Gasteiger partial charge in [-0.1, -0.05) is 12.2 Å². The van der Waals surface area contributed by atoms with E-state index in [9.17, 15) is 14.4 Å². The van der Waals surface area contributed by atoms with Crippen LogP contribution < -0.4 is 16.0 Å². The first-order valence-corrected chi connectivity index (χ1v) is 5.75. The predicted molar refractivity (Wildman–Crippen MR) is 63.9 cm³/mol. The Morgan fingerprint density at radius 1 is 1.28 bits per heavy atom. The van der Waals surface area contributed by atoms with E-state index >= 15 is 0 Å². The van der Waals surface area contributed by atoms with Crippen molar-refractivity contribution in [3.8, 4) is 0 Å². The summed E-state index contributed by atoms with van der Waals surface area (Å²) in [4.78, 5) is 33.2. The van der Waals surface area contributed by atoms with Gasteiger partial charge < -0.3 is 21.1 Å². The lowest BCUT2D eigenvalue weighted by molar-refractivity contribution is -0.140. The highest BCUT2D eigenvalue weighted by Gasteiger charge is 2.25. The molecule has 0 saturated carbocycles. The zero-order valence-corrected chi connectivity index (χ0v) is 10.1. The summed E-state index contributed by atoms with van der Waals surface area (Å²) < 4.78 is 0. The number of urea groups is 1. The van der Waals surface area contributed by atoms with Gasteiger partial charge in [0.05, 0.1) is 18.5 Å². The second-order valence-electron chi connectivity index (χ2n) is 3.95. The maximum atomic E-state index is 11.4. The first kappa shape index (κ1) is 14.0. The van der Waals surface area contributed by atoms with Gasteiger partial charge in [0.1, 0.15) is 0 Å². The summed E-state index contributed by atoms with van der Waals surface area (Å²) in [5.74, 6) is -1.73. The summed E-state index contributed by atoms with van der Waals surface area (Å²) in [7, 11) is 0. The molecule has 0 fully saturated rings. The molecule has 7 nitrogen and oxygen atoms in total. The Kier molecular flexibility index (Phi) is 5.16. The minimum atomic E-state index is -0.904. The number of hydrogen-bond acceptors (Lipinski definition) is 3. The molecule has 2 atom stereocenters. The molecule has 0 aromatic heterocycles. The summed E-state index contributed by atoms with van der Waals surface area (Å²) in [6.07, 6.45) is 3.53. The molecule has 1 aliphatic carbocycles. The van der Waals surface area contributed by atoms with Crippen LogP contribution in [0.15, 0.2) is 12.2 Å². The SMILES string of the molecule is CCNC(=O)CNC(=O)NC1C=CC(C(=O)O)C1. The average Bonchev–Trinajstić information content (AvgIpc) is 2.75. The van der Waals surface area contributed by atoms with Gasteiger partial charge in [-0.3, -0.25) is 9.59 Å². The normalized spacial score (nSPS) is 21.4. The average molecular weight is 255 g/mol. The number of rotatable bonds is 5. The smallest absolute Gasteiger partial charge is 0.315 e. The van der Waals surface area contributed by atoms with Crippen molar-refractivity contribution >= 4 is 17.9 Å². The van der Waals surface area contributed by atoms with Crippen molar-refractivity contribution in [1.29, 1.82) is 0 Å². The van der Waals surface area contributed by atoms with E-state index in [0.717, 1.165) is 0 Å². The summed E-state index contributed by atoms with van der Waals surface area (Å²) in [5, 5.41) is 16.3. The number of carbonyl (C=O) groups excluding carboxylic acids is 2. The van der Waals surface area contributed by atoms with Crippen molar-refractivity contribution in [2.75, 3.05) is 13.1 Å². The lowest BCUT2D eigenvalue weighted by Gasteiger charge is -2.12. The molecule has 4 N–H and O–H groups in total. The summed E-state index contributed by atoms with van der Waals surface area (Å²) in [6.45, 7) is 2.19. The zero-order valence-electron chi connectivity index (χ0n) is 10.1. The molecule has 0 bridgehead atoms. The third-order valence-electron chi connectivity index (χ3n) is 2.50. The number of nitrogens with one attached hydrogen (secondary N) is 3. The van der Waals surface area contributed by atoms with Gasteiger partial charge in [-0.25, -0.2) is 4.79 Å². The van der Waals surface area contributed by atoms with Crippen molar-refractivity contribution in [2.45, 2.75) is 19.4 Å². The molecule has 0 heterocycles. The first-order valence-electron chi connectivity index (χ1n) is 5.75. The van der Waals surface area contributed by atoms with Crippen molar-refractivity contribution in [3.05, 3.63) is 12.2 Å². The fourth-order valence-corrected chi connectivity index (χ4v) is 1.63. The van der Waals surface area contributed by atoms with Gasteiger partial charge in [-0.15, -0.1) is 0 Å². The van der Waals surface area contributed by atoms with Gasteiger partial charge in [-0.05, 0) is 13.3 Å². The second kappa shape index (κ2) is 6.63. The van der Waals surface area contributed by atoms with Crippen LogP contribution in [0.3, 0.4) is 0 Å². The quantitative estimate of drug-likeness (QED) is 0.494. The number of carbonyl (C=O) groups is 3. The molecule has 1 rings (SSSR count). The molecule has 3 amide bonds. The van der Waals surface area contributed by atoms with Crippen LogP contribution in [0.5, 0.6) is 0 Å². The van der Waals surface area contributed by atoms with Gasteiger partial charge in [0.2, 0.25) is 5.91 Å². The molecule has 7 heteroatoms. The first-order chi connectivity index (χ1) is 8.52. The number of aliphatic carboxylic acids is 1. The molecule has 2 unspecified atom stereocenters. The number of carboxylic acids is 1. The molecule has 100 valence electrons. The van der Waals surface area contributed by atoms with Crippen molar-refractivity contribution in [1.82, 2.24) is 16.0 Å². The fraction of sp³-hybridized carbons (Fsp3) is 0.545. The van der Waals surface area contributed by atoms with E-state index in [0.29, 0.717) is 13.0 Å². The Balaban J connectivity index is 2.24. The molecule has 0 spiro atoms. The number of amides is 3. The van der Waals surface area contributed by atoms with Crippen LogP contribution in [0.4, 0.5) is 4.79 Å². The highest BCUT2D eigenvalue weighted by molar-refractivity contribution is 5.84. The van der Waals surface area contributed by atoms with E-state index in [1.165, 1.54) is 0 Å². The van der Waals surface area contributed by atoms with Crippen LogP contribution in [0, 0.1) is 5.92 Å². The lowest BCUT2D eigenvalue weighted by atomic mass is 10.1. The molecular formula is C11H17N3O4. The van der Waals surface area contributed by atoms with Gasteiger partial charge in [0.25, 0.3) is 0 Å². The minimum Gasteiger partial charge on any atom is -0.481 e. The standard InChI is InChI=1S/C11H17N3O4/c1-2-12-9(15)6-13-11(18)14-8-4-3-7(5-8)10(16)17/h3-4,7-8H,2,5-6H2,1H3,(H,12,15)(H,16,17)(H2,13,14,18). The highest BCUT2D eigenvalue weighted by Crippen LogP contribution is 2.17. The van der Waals surface area contributed by atoms with Gasteiger partial charge in [-0.2, -0.15) is 0 Å². The van der Waals surface area contributed by atoms with Crippen molar-refractivity contribution < 1.29 is 19.5 Å². The Bertz CT molecular complexity index is 367. The Morgan fingerprint density at radius 2 is 2.00 bits per heavy atom. The fourth-order valence-electron chi connectivity index (χ4n) is 1.63. The number of hydrogen-bond donors (Lipinski definition) is 4. The monoisotopic (exact) mass is 255 g/mol. The van der Waals surface area contributed by atoms with Crippen molar-refractivity contribution in [3.63, 3.8) is 0 Å². The van der Waals surface area contributed by atoms with E-state index in [4.69, 9.17) is 5.11 Å². The van der Waals surface area contributed by atoms with Crippen LogP contribution >= 0.6 is 0 Å². The molecule has 0 aromatic carbocycles. The Hall–Kier alpha value is -2.05. The lowest BCUT2D eigenvalue weighted by Crippen LogP contribution is -2.45. The molecular weight excluding hydrogens is 238 g/mol. The third kappa shape index (κ3) is 4.44. The zero-order chi connectivity index (χ0) is 13.5. The number of likely N-dealkylation sites (N-methyl/N-ethyl adjacent to an activating group) is 1. The molecule has 0 radical (unpaired) electrons. The summed E-state index contributed by atoms with van der Waals surface area (Å²) >= 11 is 0. The van der Waals surface area contributed by atoms with E-state index in [2.05, 4.69) is 16.0 Å². The van der Waals surface area contributed by atoms with Crippen LogP contribution in [0.25, 0.3) is 0 Å². The van der Waals surface area contributed by atoms with Crippen LogP contribution in [0.2, 0.25) is 0 Å². The van der Waals surface area contributed by atoms with Crippen LogP contribution in [0.1, 0.15) is 13.3 Å². The van der Waals surface area contributed by atoms with Crippen molar-refractivity contribution in [2.24, 2.45) is 5.92 Å². The molecule has 0 aromatic rings. The predicted octanol–water partition coefficient (Wildman–Crippen LogP) is -0.549. The van der Waals surface area contributed by atoms with Gasteiger partial charge in [0.15, 0.2) is 0 Å². The van der Waals surface area contributed by atoms with Crippen LogP contribution in [-0.2, 0) is 9.59 Å². The Labute approximate surface area is 105 Å². The molecule has 1 aliphatic rings. The minimum absolute atomic E-state index is 0.0987. The van der Waals surface area contributed by atoms with E-state index in [1.807, 2.05) is 0 Å². The van der Waals surface area contributed by atoms with Crippen LogP contribution in [-0.4, -0.2) is 42.1 Å². The third-order valence-corrected chi connectivity index (χ3v) is 2.50. The highest BCUT2D eigenvalue weighted by atomic mass is 16.4. The maximum Gasteiger partial charge on any atom is 0.315 e. The Morgan fingerprint density at radius 3 is 2.56 bits per heavy atom. The van der Waals surface area contributed by atoms with E-state index in [1.54, 1.807) is 19.1 Å². The summed E-state index contributed by atoms with van der Waals surface area (Å²) in [6, 6.07) is -0.790. The molecule has 0 saturated heterocycles. The molecule has 0 aliphatic heterocycles. The summed E-state index contributed by atoms with van der Waals surface area (Å²) in [5.41, 5.74) is 0. The van der Waals surface area contributed by atoms with Gasteiger partial charge >= 0.3 is 12.0 Å².